The first-order valence-electron chi connectivity index (χ1n) is 5.57. The zero-order valence-electron chi connectivity index (χ0n) is 9.29. The van der Waals surface area contributed by atoms with Crippen LogP contribution in [0.4, 0.5) is 0 Å². The zero-order chi connectivity index (χ0) is 11.5. The maximum atomic E-state index is 11.8. The van der Waals surface area contributed by atoms with Gasteiger partial charge in [-0.1, -0.05) is 18.0 Å². The van der Waals surface area contributed by atoms with E-state index in [4.69, 9.17) is 11.6 Å². The van der Waals surface area contributed by atoms with Gasteiger partial charge in [-0.05, 0) is 37.8 Å². The van der Waals surface area contributed by atoms with E-state index in [-0.39, 0.29) is 5.91 Å². The van der Waals surface area contributed by atoms with Gasteiger partial charge in [0.25, 0.3) is 5.91 Å². The summed E-state index contributed by atoms with van der Waals surface area (Å²) >= 11 is 5.80. The maximum Gasteiger partial charge on any atom is 0.251 e. The first kappa shape index (κ1) is 11.4. The molecule has 0 saturated heterocycles. The van der Waals surface area contributed by atoms with Crippen LogP contribution in [0.1, 0.15) is 35.3 Å². The number of nitrogens with one attached hydrogen (secondary N) is 1. The van der Waals surface area contributed by atoms with Crippen LogP contribution in [0, 0.1) is 12.8 Å². The van der Waals surface area contributed by atoms with Crippen LogP contribution in [-0.2, 0) is 0 Å². The third kappa shape index (κ3) is 2.73. The van der Waals surface area contributed by atoms with Gasteiger partial charge in [0.15, 0.2) is 0 Å². The summed E-state index contributed by atoms with van der Waals surface area (Å²) in [6, 6.07) is 3.35. The molecule has 0 aliphatic heterocycles. The lowest BCUT2D eigenvalue weighted by Crippen LogP contribution is -2.32. The standard InChI is InChI=1S/C12H15ClN2O/c1-8-5-10(6-11(13)15-8)12(16)14-7-9-3-2-4-9/h5-6,9H,2-4,7H2,1H3,(H,14,16). The van der Waals surface area contributed by atoms with Gasteiger partial charge in [-0.2, -0.15) is 0 Å². The third-order valence-electron chi connectivity index (χ3n) is 2.96. The quantitative estimate of drug-likeness (QED) is 0.823. The van der Waals surface area contributed by atoms with Crippen molar-refractivity contribution in [2.75, 3.05) is 6.54 Å². The molecule has 86 valence electrons. The molecule has 1 heterocycles. The summed E-state index contributed by atoms with van der Waals surface area (Å²) in [6.07, 6.45) is 3.76. The molecule has 3 nitrogen and oxygen atoms in total. The molecule has 1 aromatic rings. The van der Waals surface area contributed by atoms with E-state index >= 15 is 0 Å². The zero-order valence-corrected chi connectivity index (χ0v) is 10.0. The maximum absolute atomic E-state index is 11.8. The number of pyridine rings is 1. The molecule has 0 atom stereocenters. The van der Waals surface area contributed by atoms with Crippen molar-refractivity contribution in [3.63, 3.8) is 0 Å². The van der Waals surface area contributed by atoms with E-state index in [1.807, 2.05) is 6.92 Å². The van der Waals surface area contributed by atoms with E-state index in [2.05, 4.69) is 10.3 Å². The van der Waals surface area contributed by atoms with Gasteiger partial charge >= 0.3 is 0 Å². The average molecular weight is 239 g/mol. The highest BCUT2D eigenvalue weighted by molar-refractivity contribution is 6.29. The molecular weight excluding hydrogens is 224 g/mol. The molecule has 16 heavy (non-hydrogen) atoms. The minimum absolute atomic E-state index is 0.0562. The number of carbonyl (C=O) groups is 1. The van der Waals surface area contributed by atoms with Crippen molar-refractivity contribution in [1.29, 1.82) is 0 Å². The second-order valence-electron chi connectivity index (χ2n) is 4.33. The molecule has 0 aromatic carbocycles. The topological polar surface area (TPSA) is 42.0 Å². The summed E-state index contributed by atoms with van der Waals surface area (Å²) in [4.78, 5) is 15.8. The van der Waals surface area contributed by atoms with E-state index in [1.165, 1.54) is 19.3 Å². The highest BCUT2D eigenvalue weighted by Crippen LogP contribution is 2.25. The first-order chi connectivity index (χ1) is 7.65. The number of hydrogen-bond acceptors (Lipinski definition) is 2. The average Bonchev–Trinajstić information content (AvgIpc) is 2.13. The Labute approximate surface area is 100 Å². The minimum atomic E-state index is -0.0562. The van der Waals surface area contributed by atoms with Crippen LogP contribution < -0.4 is 5.32 Å². The van der Waals surface area contributed by atoms with Crippen LogP contribution >= 0.6 is 11.6 Å². The molecule has 1 saturated carbocycles. The summed E-state index contributed by atoms with van der Waals surface area (Å²) in [7, 11) is 0. The van der Waals surface area contributed by atoms with Crippen molar-refractivity contribution in [3.8, 4) is 0 Å². The van der Waals surface area contributed by atoms with Gasteiger partial charge in [0.05, 0.1) is 0 Å². The number of aryl methyl sites for hydroxylation is 1. The summed E-state index contributed by atoms with van der Waals surface area (Å²) in [5.74, 6) is 0.613. The Kier molecular flexibility index (Phi) is 3.44. The lowest BCUT2D eigenvalue weighted by Gasteiger charge is -2.25. The number of halogens is 1. The first-order valence-corrected chi connectivity index (χ1v) is 5.95. The Morgan fingerprint density at radius 3 is 2.88 bits per heavy atom. The molecule has 1 aliphatic rings. The van der Waals surface area contributed by atoms with Crippen molar-refractivity contribution in [2.45, 2.75) is 26.2 Å². The van der Waals surface area contributed by atoms with Gasteiger partial charge in [0.2, 0.25) is 0 Å². The Morgan fingerprint density at radius 2 is 2.31 bits per heavy atom. The van der Waals surface area contributed by atoms with Crippen LogP contribution in [0.5, 0.6) is 0 Å². The molecule has 0 radical (unpaired) electrons. The monoisotopic (exact) mass is 238 g/mol. The van der Waals surface area contributed by atoms with Crippen LogP contribution in [0.25, 0.3) is 0 Å². The Hall–Kier alpha value is -1.09. The smallest absolute Gasteiger partial charge is 0.251 e. The van der Waals surface area contributed by atoms with Crippen LogP contribution in [0.15, 0.2) is 12.1 Å². The summed E-state index contributed by atoms with van der Waals surface area (Å²) in [6.45, 7) is 2.60. The predicted molar refractivity (Wildman–Crippen MR) is 63.7 cm³/mol. The normalized spacial score (nSPS) is 15.6. The van der Waals surface area contributed by atoms with Gasteiger partial charge < -0.3 is 5.32 Å². The fourth-order valence-electron chi connectivity index (χ4n) is 1.80. The Balaban J connectivity index is 1.96. The summed E-state index contributed by atoms with van der Waals surface area (Å²) < 4.78 is 0. The largest absolute Gasteiger partial charge is 0.352 e. The molecule has 4 heteroatoms. The Bertz CT molecular complexity index is 382. The molecule has 0 unspecified atom stereocenters. The molecule has 2 rings (SSSR count). The molecule has 1 aromatic heterocycles. The van der Waals surface area contributed by atoms with Gasteiger partial charge in [0, 0.05) is 17.8 Å². The SMILES string of the molecule is Cc1cc(C(=O)NCC2CCC2)cc(Cl)n1. The summed E-state index contributed by atoms with van der Waals surface area (Å²) in [5, 5.41) is 3.30. The van der Waals surface area contributed by atoms with E-state index in [0.717, 1.165) is 12.2 Å². The van der Waals surface area contributed by atoms with E-state index < -0.39 is 0 Å². The number of amides is 1. The van der Waals surface area contributed by atoms with Crippen molar-refractivity contribution >= 4 is 17.5 Å². The Morgan fingerprint density at radius 1 is 1.56 bits per heavy atom. The van der Waals surface area contributed by atoms with Gasteiger partial charge in [-0.3, -0.25) is 4.79 Å². The lowest BCUT2D eigenvalue weighted by molar-refractivity contribution is 0.0939. The van der Waals surface area contributed by atoms with Crippen molar-refractivity contribution in [3.05, 3.63) is 28.5 Å². The van der Waals surface area contributed by atoms with E-state index in [0.29, 0.717) is 16.6 Å². The van der Waals surface area contributed by atoms with E-state index in [1.54, 1.807) is 12.1 Å². The van der Waals surface area contributed by atoms with Crippen molar-refractivity contribution in [2.24, 2.45) is 5.92 Å². The molecule has 0 spiro atoms. The van der Waals surface area contributed by atoms with Crippen molar-refractivity contribution in [1.82, 2.24) is 10.3 Å². The summed E-state index contributed by atoms with van der Waals surface area (Å²) in [5.41, 5.74) is 1.36. The number of aromatic nitrogens is 1. The van der Waals surface area contributed by atoms with Crippen LogP contribution in [0.3, 0.4) is 0 Å². The second kappa shape index (κ2) is 4.83. The molecule has 1 amide bonds. The van der Waals surface area contributed by atoms with E-state index in [9.17, 15) is 4.79 Å². The number of hydrogen-bond donors (Lipinski definition) is 1. The number of rotatable bonds is 3. The highest BCUT2D eigenvalue weighted by atomic mass is 35.5. The molecule has 1 fully saturated rings. The minimum Gasteiger partial charge on any atom is -0.352 e. The lowest BCUT2D eigenvalue weighted by atomic mass is 9.85. The molecule has 1 N–H and O–H groups in total. The third-order valence-corrected chi connectivity index (χ3v) is 3.15. The molecule has 1 aliphatic carbocycles. The predicted octanol–water partition coefficient (Wildman–Crippen LogP) is 2.57. The molecule has 0 bridgehead atoms. The number of carbonyl (C=O) groups excluding carboxylic acids is 1. The van der Waals surface area contributed by atoms with Gasteiger partial charge in [0.1, 0.15) is 5.15 Å². The fraction of sp³-hybridized carbons (Fsp3) is 0.500. The van der Waals surface area contributed by atoms with Crippen LogP contribution in [-0.4, -0.2) is 17.4 Å². The second-order valence-corrected chi connectivity index (χ2v) is 4.71. The van der Waals surface area contributed by atoms with Gasteiger partial charge in [-0.15, -0.1) is 0 Å². The number of nitrogens with zero attached hydrogens (tertiary/aromatic N) is 1. The van der Waals surface area contributed by atoms with Crippen LogP contribution in [0.2, 0.25) is 5.15 Å². The fourth-order valence-corrected chi connectivity index (χ4v) is 2.05. The van der Waals surface area contributed by atoms with Crippen molar-refractivity contribution < 1.29 is 4.79 Å². The molecular formula is C12H15ClN2O. The van der Waals surface area contributed by atoms with Gasteiger partial charge in [-0.25, -0.2) is 4.98 Å². The highest BCUT2D eigenvalue weighted by Gasteiger charge is 2.18.